The molecule has 4 rings (SSSR count). The highest BCUT2D eigenvalue weighted by atomic mass is 16.5. The molecular formula is C25H32N4O3. The number of nitrogens with zero attached hydrogens (tertiary/aromatic N) is 4. The number of anilines is 1. The van der Waals surface area contributed by atoms with E-state index in [2.05, 4.69) is 12.1 Å². The van der Waals surface area contributed by atoms with Crippen LogP contribution in [0.1, 0.15) is 61.8 Å². The third kappa shape index (κ3) is 4.26. The second kappa shape index (κ2) is 8.98. The zero-order valence-electron chi connectivity index (χ0n) is 19.4. The lowest BCUT2D eigenvalue weighted by Gasteiger charge is -2.33. The number of likely N-dealkylation sites (tertiary alicyclic amines) is 1. The molecule has 1 atom stereocenters. The van der Waals surface area contributed by atoms with E-state index in [9.17, 15) is 9.59 Å². The van der Waals surface area contributed by atoms with Gasteiger partial charge in [0.25, 0.3) is 5.91 Å². The van der Waals surface area contributed by atoms with Crippen LogP contribution in [0.4, 0.5) is 5.82 Å². The summed E-state index contributed by atoms with van der Waals surface area (Å²) in [4.78, 5) is 39.3. The number of hydrogen-bond donors (Lipinski definition) is 0. The smallest absolute Gasteiger partial charge is 0.254 e. The maximum absolute atomic E-state index is 13.1. The molecule has 0 spiro atoms. The number of ether oxygens (including phenoxy) is 1. The summed E-state index contributed by atoms with van der Waals surface area (Å²) in [5, 5.41) is 0. The van der Waals surface area contributed by atoms with Gasteiger partial charge in [-0.3, -0.25) is 14.5 Å². The molecule has 170 valence electrons. The van der Waals surface area contributed by atoms with Gasteiger partial charge in [-0.05, 0) is 52.0 Å². The van der Waals surface area contributed by atoms with E-state index in [0.29, 0.717) is 37.6 Å². The average molecular weight is 437 g/mol. The second-order valence-electron chi connectivity index (χ2n) is 9.12. The Bertz CT molecular complexity index is 1010. The molecule has 0 saturated carbocycles. The van der Waals surface area contributed by atoms with Crippen LogP contribution in [0.25, 0.3) is 0 Å². The predicted molar refractivity (Wildman–Crippen MR) is 122 cm³/mol. The summed E-state index contributed by atoms with van der Waals surface area (Å²) >= 11 is 0. The van der Waals surface area contributed by atoms with Crippen molar-refractivity contribution in [1.82, 2.24) is 14.9 Å². The summed E-state index contributed by atoms with van der Waals surface area (Å²) in [7, 11) is 1.55. The summed E-state index contributed by atoms with van der Waals surface area (Å²) in [5.41, 5.74) is 2.22. The summed E-state index contributed by atoms with van der Waals surface area (Å²) in [6.45, 7) is 6.79. The largest absolute Gasteiger partial charge is 0.369 e. The number of aromatic nitrogens is 2. The molecule has 2 aromatic rings. The van der Waals surface area contributed by atoms with Crippen molar-refractivity contribution in [3.05, 3.63) is 53.0 Å². The Balaban J connectivity index is 1.65. The Morgan fingerprint density at radius 1 is 1.19 bits per heavy atom. The van der Waals surface area contributed by atoms with Crippen LogP contribution in [0.2, 0.25) is 0 Å². The first-order valence-corrected chi connectivity index (χ1v) is 11.4. The fourth-order valence-corrected chi connectivity index (χ4v) is 4.58. The van der Waals surface area contributed by atoms with Crippen molar-refractivity contribution in [1.29, 1.82) is 0 Å². The van der Waals surface area contributed by atoms with E-state index in [4.69, 9.17) is 14.7 Å². The summed E-state index contributed by atoms with van der Waals surface area (Å²) in [6, 6.07) is 9.97. The molecule has 2 amide bonds. The molecule has 1 aromatic carbocycles. The normalized spacial score (nSPS) is 18.8. The van der Waals surface area contributed by atoms with E-state index in [1.165, 1.54) is 5.56 Å². The second-order valence-corrected chi connectivity index (χ2v) is 9.12. The monoisotopic (exact) mass is 436 g/mol. The van der Waals surface area contributed by atoms with Gasteiger partial charge >= 0.3 is 0 Å². The zero-order valence-corrected chi connectivity index (χ0v) is 19.4. The van der Waals surface area contributed by atoms with Crippen molar-refractivity contribution in [2.45, 2.75) is 64.5 Å². The van der Waals surface area contributed by atoms with Crippen LogP contribution < -0.4 is 4.90 Å². The zero-order chi connectivity index (χ0) is 22.9. The van der Waals surface area contributed by atoms with E-state index in [1.807, 2.05) is 34.9 Å². The number of methoxy groups -OCH3 is 1. The van der Waals surface area contributed by atoms with Gasteiger partial charge < -0.3 is 9.64 Å². The number of carbonyl (C=O) groups is 2. The quantitative estimate of drug-likeness (QED) is 0.694. The van der Waals surface area contributed by atoms with Crippen molar-refractivity contribution in [3.63, 3.8) is 0 Å². The van der Waals surface area contributed by atoms with Gasteiger partial charge in [0.1, 0.15) is 11.4 Å². The Hall–Kier alpha value is -2.80. The highest BCUT2D eigenvalue weighted by Gasteiger charge is 2.40. The van der Waals surface area contributed by atoms with Gasteiger partial charge in [-0.25, -0.2) is 9.97 Å². The summed E-state index contributed by atoms with van der Waals surface area (Å²) in [5.74, 6) is 1.37. The number of fused-ring (bicyclic) bond motifs is 1. The standard InChI is InChI=1S/C25H32N4O3/c1-17-19-12-13-21(30)29(16-14-18-9-6-5-7-10-18)23(19)27-22(26-17)20-11-8-15-28(20)24(31)25(2,3)32-4/h5-7,9-10,20H,8,11-16H2,1-4H3/t20-/m0/s1. The van der Waals surface area contributed by atoms with Crippen LogP contribution >= 0.6 is 0 Å². The molecule has 7 nitrogen and oxygen atoms in total. The van der Waals surface area contributed by atoms with Crippen molar-refractivity contribution in [2.24, 2.45) is 0 Å². The van der Waals surface area contributed by atoms with Gasteiger partial charge in [-0.15, -0.1) is 0 Å². The lowest BCUT2D eigenvalue weighted by molar-refractivity contribution is -0.152. The molecule has 2 aliphatic rings. The van der Waals surface area contributed by atoms with Crippen LogP contribution in [0.15, 0.2) is 30.3 Å². The molecule has 2 aliphatic heterocycles. The number of hydrogen-bond acceptors (Lipinski definition) is 5. The minimum absolute atomic E-state index is 0.0570. The van der Waals surface area contributed by atoms with Gasteiger partial charge in [-0.1, -0.05) is 30.3 Å². The van der Waals surface area contributed by atoms with E-state index >= 15 is 0 Å². The molecule has 1 fully saturated rings. The van der Waals surface area contributed by atoms with Crippen molar-refractivity contribution in [2.75, 3.05) is 25.1 Å². The van der Waals surface area contributed by atoms with Gasteiger partial charge in [0, 0.05) is 37.9 Å². The molecule has 7 heteroatoms. The Morgan fingerprint density at radius 2 is 1.94 bits per heavy atom. The highest BCUT2D eigenvalue weighted by Crippen LogP contribution is 2.36. The Kier molecular flexibility index (Phi) is 6.29. The number of aryl methyl sites for hydroxylation is 1. The molecule has 1 saturated heterocycles. The number of benzene rings is 1. The molecule has 0 radical (unpaired) electrons. The third-order valence-electron chi connectivity index (χ3n) is 6.66. The van der Waals surface area contributed by atoms with Gasteiger partial charge in [0.15, 0.2) is 5.82 Å². The highest BCUT2D eigenvalue weighted by molar-refractivity contribution is 5.95. The first kappa shape index (κ1) is 22.4. The van der Waals surface area contributed by atoms with E-state index in [-0.39, 0.29) is 17.9 Å². The van der Waals surface area contributed by atoms with Gasteiger partial charge in [0.2, 0.25) is 5.91 Å². The van der Waals surface area contributed by atoms with Crippen LogP contribution in [-0.4, -0.2) is 52.5 Å². The molecule has 0 unspecified atom stereocenters. The van der Waals surface area contributed by atoms with Crippen LogP contribution in [-0.2, 0) is 27.2 Å². The molecular weight excluding hydrogens is 404 g/mol. The molecule has 0 bridgehead atoms. The first-order chi connectivity index (χ1) is 15.3. The van der Waals surface area contributed by atoms with Crippen molar-refractivity contribution >= 4 is 17.6 Å². The van der Waals surface area contributed by atoms with Crippen LogP contribution in [0, 0.1) is 6.92 Å². The maximum atomic E-state index is 13.1. The summed E-state index contributed by atoms with van der Waals surface area (Å²) < 4.78 is 5.43. The van der Waals surface area contributed by atoms with E-state index < -0.39 is 5.60 Å². The molecule has 0 N–H and O–H groups in total. The maximum Gasteiger partial charge on any atom is 0.254 e. The van der Waals surface area contributed by atoms with Gasteiger partial charge in [-0.2, -0.15) is 0 Å². The minimum Gasteiger partial charge on any atom is -0.369 e. The topological polar surface area (TPSA) is 75.6 Å². The van der Waals surface area contributed by atoms with Crippen LogP contribution in [0.5, 0.6) is 0 Å². The summed E-state index contributed by atoms with van der Waals surface area (Å²) in [6.07, 6.45) is 3.60. The van der Waals surface area contributed by atoms with Crippen molar-refractivity contribution in [3.8, 4) is 0 Å². The first-order valence-electron chi connectivity index (χ1n) is 11.4. The predicted octanol–water partition coefficient (Wildman–Crippen LogP) is 3.40. The number of carbonyl (C=O) groups excluding carboxylic acids is 2. The van der Waals surface area contributed by atoms with Crippen LogP contribution in [0.3, 0.4) is 0 Å². The van der Waals surface area contributed by atoms with Gasteiger partial charge in [0.05, 0.1) is 6.04 Å². The van der Waals surface area contributed by atoms with Crippen molar-refractivity contribution < 1.29 is 14.3 Å². The average Bonchev–Trinajstić information content (AvgIpc) is 3.28. The third-order valence-corrected chi connectivity index (χ3v) is 6.66. The lowest BCUT2D eigenvalue weighted by atomic mass is 10.0. The number of rotatable bonds is 6. The fraction of sp³-hybridized carbons (Fsp3) is 0.520. The SMILES string of the molecule is COC(C)(C)C(=O)N1CCC[C@H]1c1nc(C)c2c(n1)N(CCc1ccccc1)C(=O)CC2. The Labute approximate surface area is 189 Å². The minimum atomic E-state index is -0.899. The van der Waals surface area contributed by atoms with E-state index in [1.54, 1.807) is 21.0 Å². The molecule has 32 heavy (non-hydrogen) atoms. The molecule has 1 aromatic heterocycles. The molecule has 3 heterocycles. The Morgan fingerprint density at radius 3 is 2.66 bits per heavy atom. The lowest BCUT2D eigenvalue weighted by Crippen LogP contribution is -2.46. The molecule has 0 aliphatic carbocycles. The number of amides is 2. The van der Waals surface area contributed by atoms with E-state index in [0.717, 1.165) is 30.5 Å². The fourth-order valence-electron chi connectivity index (χ4n) is 4.58.